The van der Waals surface area contributed by atoms with Crippen LogP contribution in [-0.4, -0.2) is 34.7 Å². The molecule has 0 atom stereocenters. The fourth-order valence-electron chi connectivity index (χ4n) is 1.74. The molecule has 1 saturated carbocycles. The lowest BCUT2D eigenvalue weighted by molar-refractivity contribution is 0.204. The van der Waals surface area contributed by atoms with E-state index in [1.54, 1.807) is 12.1 Å². The predicted molar refractivity (Wildman–Crippen MR) is 78.4 cm³/mol. The van der Waals surface area contributed by atoms with Crippen LogP contribution in [0.5, 0.6) is 0 Å². The standard InChI is InChI=1S/C13H19ClN2O3S/c1-19-7-6-16-20(17,18)12-5-2-10(13(14)8-12)9-15-11-3-4-11/h2,5,8,11,15-16H,3-4,6-7,9H2,1H3. The lowest BCUT2D eigenvalue weighted by Gasteiger charge is -2.10. The number of hydrogen-bond donors (Lipinski definition) is 2. The van der Waals surface area contributed by atoms with Crippen LogP contribution in [0.15, 0.2) is 23.1 Å². The average molecular weight is 319 g/mol. The van der Waals surface area contributed by atoms with E-state index in [-0.39, 0.29) is 11.4 Å². The highest BCUT2D eigenvalue weighted by molar-refractivity contribution is 7.89. The third-order valence-corrected chi connectivity index (χ3v) is 4.90. The normalized spacial score (nSPS) is 15.5. The van der Waals surface area contributed by atoms with E-state index in [2.05, 4.69) is 10.0 Å². The number of methoxy groups -OCH3 is 1. The number of halogens is 1. The summed E-state index contributed by atoms with van der Waals surface area (Å²) in [7, 11) is -2.00. The van der Waals surface area contributed by atoms with Crippen molar-refractivity contribution in [3.63, 3.8) is 0 Å². The molecule has 2 N–H and O–H groups in total. The summed E-state index contributed by atoms with van der Waals surface area (Å²) in [4.78, 5) is 0.175. The second-order valence-electron chi connectivity index (χ2n) is 4.80. The summed E-state index contributed by atoms with van der Waals surface area (Å²) in [5.41, 5.74) is 0.911. The van der Waals surface area contributed by atoms with E-state index >= 15 is 0 Å². The van der Waals surface area contributed by atoms with E-state index in [1.807, 2.05) is 0 Å². The van der Waals surface area contributed by atoms with E-state index in [0.29, 0.717) is 24.2 Å². The SMILES string of the molecule is COCCNS(=O)(=O)c1ccc(CNC2CC2)c(Cl)c1. The second kappa shape index (κ2) is 6.87. The minimum absolute atomic E-state index is 0.175. The van der Waals surface area contributed by atoms with Gasteiger partial charge in [0.05, 0.1) is 11.5 Å². The molecular formula is C13H19ClN2O3S. The van der Waals surface area contributed by atoms with Crippen LogP contribution in [0.1, 0.15) is 18.4 Å². The number of rotatable bonds is 8. The van der Waals surface area contributed by atoms with E-state index in [4.69, 9.17) is 16.3 Å². The molecule has 0 saturated heterocycles. The maximum Gasteiger partial charge on any atom is 0.240 e. The van der Waals surface area contributed by atoms with E-state index < -0.39 is 10.0 Å². The van der Waals surface area contributed by atoms with Gasteiger partial charge >= 0.3 is 0 Å². The van der Waals surface area contributed by atoms with Gasteiger partial charge in [-0.15, -0.1) is 0 Å². The molecule has 0 aromatic heterocycles. The Morgan fingerprint density at radius 3 is 2.75 bits per heavy atom. The van der Waals surface area contributed by atoms with Gasteiger partial charge in [-0.25, -0.2) is 13.1 Å². The van der Waals surface area contributed by atoms with E-state index in [1.165, 1.54) is 26.0 Å². The van der Waals surface area contributed by atoms with Crippen LogP contribution in [0.3, 0.4) is 0 Å². The molecule has 0 amide bonds. The molecule has 7 heteroatoms. The van der Waals surface area contributed by atoms with Crippen LogP contribution in [0, 0.1) is 0 Å². The van der Waals surface area contributed by atoms with Crippen molar-refractivity contribution in [1.82, 2.24) is 10.0 Å². The first-order valence-electron chi connectivity index (χ1n) is 6.53. The smallest absolute Gasteiger partial charge is 0.240 e. The molecule has 0 heterocycles. The molecule has 1 aromatic rings. The number of sulfonamides is 1. The van der Waals surface area contributed by atoms with E-state index in [9.17, 15) is 8.42 Å². The molecule has 0 spiro atoms. The summed E-state index contributed by atoms with van der Waals surface area (Å²) in [6.07, 6.45) is 2.40. The minimum Gasteiger partial charge on any atom is -0.383 e. The van der Waals surface area contributed by atoms with Crippen molar-refractivity contribution in [3.8, 4) is 0 Å². The molecule has 0 bridgehead atoms. The Bertz CT molecular complexity index is 559. The highest BCUT2D eigenvalue weighted by atomic mass is 35.5. The fraction of sp³-hybridized carbons (Fsp3) is 0.538. The molecular weight excluding hydrogens is 300 g/mol. The van der Waals surface area contributed by atoms with Crippen LogP contribution in [-0.2, 0) is 21.3 Å². The lowest BCUT2D eigenvalue weighted by Crippen LogP contribution is -2.27. The summed E-state index contributed by atoms with van der Waals surface area (Å²) in [6.45, 7) is 1.23. The zero-order valence-electron chi connectivity index (χ0n) is 11.4. The summed E-state index contributed by atoms with van der Waals surface area (Å²) >= 11 is 6.14. The summed E-state index contributed by atoms with van der Waals surface area (Å²) in [5.74, 6) is 0. The van der Waals surface area contributed by atoms with Gasteiger partial charge in [0, 0.05) is 31.3 Å². The first-order chi connectivity index (χ1) is 9.53. The van der Waals surface area contributed by atoms with Crippen LogP contribution < -0.4 is 10.0 Å². The average Bonchev–Trinajstić information content (AvgIpc) is 3.21. The van der Waals surface area contributed by atoms with Crippen LogP contribution in [0.25, 0.3) is 0 Å². The van der Waals surface area contributed by atoms with Gasteiger partial charge in [-0.1, -0.05) is 17.7 Å². The van der Waals surface area contributed by atoms with Gasteiger partial charge in [-0.05, 0) is 30.5 Å². The maximum absolute atomic E-state index is 12.0. The topological polar surface area (TPSA) is 67.4 Å². The predicted octanol–water partition coefficient (Wildman–Crippen LogP) is 1.52. The summed E-state index contributed by atoms with van der Waals surface area (Å²) in [6, 6.07) is 5.40. The molecule has 0 unspecified atom stereocenters. The zero-order valence-corrected chi connectivity index (χ0v) is 12.9. The first kappa shape index (κ1) is 15.7. The largest absolute Gasteiger partial charge is 0.383 e. The molecule has 0 aliphatic heterocycles. The first-order valence-corrected chi connectivity index (χ1v) is 8.39. The Hall–Kier alpha value is -0.660. The van der Waals surface area contributed by atoms with E-state index in [0.717, 1.165) is 5.56 Å². The summed E-state index contributed by atoms with van der Waals surface area (Å²) in [5, 5.41) is 3.81. The molecule has 1 fully saturated rings. The van der Waals surface area contributed by atoms with Crippen LogP contribution in [0.2, 0.25) is 5.02 Å². The lowest BCUT2D eigenvalue weighted by atomic mass is 10.2. The molecule has 20 heavy (non-hydrogen) atoms. The number of benzene rings is 1. The Balaban J connectivity index is 2.02. The van der Waals surface area contributed by atoms with Crippen molar-refractivity contribution in [2.24, 2.45) is 0 Å². The highest BCUT2D eigenvalue weighted by Gasteiger charge is 2.21. The molecule has 112 valence electrons. The van der Waals surface area contributed by atoms with Gasteiger partial charge in [0.1, 0.15) is 0 Å². The maximum atomic E-state index is 12.0. The van der Waals surface area contributed by atoms with Crippen LogP contribution in [0.4, 0.5) is 0 Å². The molecule has 1 aromatic carbocycles. The van der Waals surface area contributed by atoms with Gasteiger partial charge in [-0.3, -0.25) is 0 Å². The minimum atomic E-state index is -3.53. The van der Waals surface area contributed by atoms with Gasteiger partial charge in [0.15, 0.2) is 0 Å². The van der Waals surface area contributed by atoms with Crippen molar-refractivity contribution in [2.75, 3.05) is 20.3 Å². The Labute approximate surface area is 124 Å². The van der Waals surface area contributed by atoms with Crippen molar-refractivity contribution in [3.05, 3.63) is 28.8 Å². The van der Waals surface area contributed by atoms with Gasteiger partial charge < -0.3 is 10.1 Å². The molecule has 0 radical (unpaired) electrons. The molecule has 5 nitrogen and oxygen atoms in total. The Kier molecular flexibility index (Phi) is 5.40. The van der Waals surface area contributed by atoms with Crippen molar-refractivity contribution < 1.29 is 13.2 Å². The quantitative estimate of drug-likeness (QED) is 0.713. The van der Waals surface area contributed by atoms with Gasteiger partial charge in [0.25, 0.3) is 0 Å². The second-order valence-corrected chi connectivity index (χ2v) is 6.97. The van der Waals surface area contributed by atoms with Crippen molar-refractivity contribution >= 4 is 21.6 Å². The zero-order chi connectivity index (χ0) is 14.6. The van der Waals surface area contributed by atoms with Crippen molar-refractivity contribution in [1.29, 1.82) is 0 Å². The fourth-order valence-corrected chi connectivity index (χ4v) is 3.09. The Morgan fingerprint density at radius 2 is 2.15 bits per heavy atom. The monoisotopic (exact) mass is 318 g/mol. The van der Waals surface area contributed by atoms with Gasteiger partial charge in [0.2, 0.25) is 10.0 Å². The third-order valence-electron chi connectivity index (χ3n) is 3.09. The highest BCUT2D eigenvalue weighted by Crippen LogP contribution is 2.23. The molecule has 1 aliphatic rings. The Morgan fingerprint density at radius 1 is 1.40 bits per heavy atom. The van der Waals surface area contributed by atoms with Crippen molar-refractivity contribution in [2.45, 2.75) is 30.3 Å². The van der Waals surface area contributed by atoms with Crippen LogP contribution >= 0.6 is 11.6 Å². The molecule has 2 rings (SSSR count). The number of hydrogen-bond acceptors (Lipinski definition) is 4. The third kappa shape index (κ3) is 4.43. The number of nitrogens with one attached hydrogen (secondary N) is 2. The number of ether oxygens (including phenoxy) is 1. The summed E-state index contributed by atoms with van der Waals surface area (Å²) < 4.78 is 31.3. The van der Waals surface area contributed by atoms with Gasteiger partial charge in [-0.2, -0.15) is 0 Å². The molecule has 1 aliphatic carbocycles.